The van der Waals surface area contributed by atoms with E-state index in [1.165, 1.54) is 4.90 Å². The van der Waals surface area contributed by atoms with Gasteiger partial charge in [0.25, 0.3) is 0 Å². The lowest BCUT2D eigenvalue weighted by atomic mass is 10.0. The summed E-state index contributed by atoms with van der Waals surface area (Å²) in [4.78, 5) is 1.48. The highest BCUT2D eigenvalue weighted by Crippen LogP contribution is 2.19. The lowest BCUT2D eigenvalue weighted by molar-refractivity contribution is -0.148. The Balaban J connectivity index is 2.07. The molecule has 1 aliphatic rings. The molecular formula is C13H25F3N2O. The first-order chi connectivity index (χ1) is 8.90. The summed E-state index contributed by atoms with van der Waals surface area (Å²) in [6, 6.07) is 0.342. The molecule has 1 fully saturated rings. The number of halogens is 3. The van der Waals surface area contributed by atoms with Gasteiger partial charge in [-0.3, -0.25) is 4.90 Å². The zero-order chi connectivity index (χ0) is 14.3. The van der Waals surface area contributed by atoms with Gasteiger partial charge in [-0.15, -0.1) is 0 Å². The van der Waals surface area contributed by atoms with E-state index in [0.717, 1.165) is 32.2 Å². The van der Waals surface area contributed by atoms with Gasteiger partial charge >= 0.3 is 6.18 Å². The van der Waals surface area contributed by atoms with Crippen molar-refractivity contribution in [3.63, 3.8) is 0 Å². The van der Waals surface area contributed by atoms with Gasteiger partial charge in [0.2, 0.25) is 0 Å². The van der Waals surface area contributed by atoms with Crippen LogP contribution in [-0.2, 0) is 0 Å². The number of likely N-dealkylation sites (tertiary alicyclic amines) is 1. The molecule has 0 bridgehead atoms. The zero-order valence-corrected chi connectivity index (χ0v) is 11.5. The number of hydrogen-bond donors (Lipinski definition) is 2. The molecule has 114 valence electrons. The second-order valence-electron chi connectivity index (χ2n) is 5.55. The number of nitrogens with zero attached hydrogens (tertiary/aromatic N) is 1. The number of aliphatic hydroxyl groups excluding tert-OH is 1. The Kier molecular flexibility index (Phi) is 7.10. The largest absolute Gasteiger partial charge is 0.401 e. The van der Waals surface area contributed by atoms with Crippen LogP contribution in [0.4, 0.5) is 13.2 Å². The van der Waals surface area contributed by atoms with Crippen LogP contribution in [0, 0.1) is 5.92 Å². The van der Waals surface area contributed by atoms with Crippen molar-refractivity contribution < 1.29 is 18.3 Å². The molecule has 0 radical (unpaired) electrons. The van der Waals surface area contributed by atoms with Crippen LogP contribution in [0.5, 0.6) is 0 Å². The highest BCUT2D eigenvalue weighted by Gasteiger charge is 2.32. The van der Waals surface area contributed by atoms with E-state index in [1.54, 1.807) is 0 Å². The fourth-order valence-corrected chi connectivity index (χ4v) is 2.40. The first kappa shape index (κ1) is 16.7. The second kappa shape index (κ2) is 8.07. The maximum Gasteiger partial charge on any atom is 0.401 e. The minimum absolute atomic E-state index is 0.218. The van der Waals surface area contributed by atoms with Gasteiger partial charge in [-0.1, -0.05) is 6.92 Å². The second-order valence-corrected chi connectivity index (χ2v) is 5.55. The minimum atomic E-state index is -4.08. The molecule has 1 aliphatic heterocycles. The molecule has 0 aliphatic carbocycles. The number of hydrogen-bond acceptors (Lipinski definition) is 3. The molecule has 2 N–H and O–H groups in total. The summed E-state index contributed by atoms with van der Waals surface area (Å²) in [6.07, 6.45) is -0.529. The third kappa shape index (κ3) is 7.74. The van der Waals surface area contributed by atoms with Crippen LogP contribution in [0.3, 0.4) is 0 Å². The predicted octanol–water partition coefficient (Wildman–Crippen LogP) is 2.01. The Labute approximate surface area is 113 Å². The quantitative estimate of drug-likeness (QED) is 0.701. The van der Waals surface area contributed by atoms with Crippen molar-refractivity contribution in [3.05, 3.63) is 0 Å². The monoisotopic (exact) mass is 282 g/mol. The molecule has 0 amide bonds. The van der Waals surface area contributed by atoms with Crippen molar-refractivity contribution in [1.29, 1.82) is 0 Å². The van der Waals surface area contributed by atoms with Crippen LogP contribution in [0.15, 0.2) is 0 Å². The van der Waals surface area contributed by atoms with Crippen LogP contribution >= 0.6 is 0 Å². The van der Waals surface area contributed by atoms with E-state index < -0.39 is 12.7 Å². The molecule has 0 aromatic heterocycles. The molecule has 1 atom stereocenters. The number of aliphatic hydroxyl groups is 1. The third-order valence-electron chi connectivity index (χ3n) is 3.61. The molecule has 3 nitrogen and oxygen atoms in total. The molecule has 6 heteroatoms. The lowest BCUT2D eigenvalue weighted by Gasteiger charge is -2.32. The van der Waals surface area contributed by atoms with E-state index in [1.807, 2.05) is 6.92 Å². The van der Waals surface area contributed by atoms with Crippen molar-refractivity contribution in [3.8, 4) is 0 Å². The number of rotatable bonds is 7. The van der Waals surface area contributed by atoms with Gasteiger partial charge in [0.15, 0.2) is 0 Å². The topological polar surface area (TPSA) is 35.5 Å². The van der Waals surface area contributed by atoms with Gasteiger partial charge in [0.05, 0.1) is 6.54 Å². The van der Waals surface area contributed by atoms with Crippen molar-refractivity contribution in [2.45, 2.75) is 44.8 Å². The smallest absolute Gasteiger partial charge is 0.396 e. The molecule has 0 aromatic rings. The van der Waals surface area contributed by atoms with E-state index in [2.05, 4.69) is 5.32 Å². The summed E-state index contributed by atoms with van der Waals surface area (Å²) in [7, 11) is 0. The SMILES string of the molecule is CC(CO)CCCNC1CCN(CC(F)(F)F)CC1. The maximum absolute atomic E-state index is 12.2. The number of nitrogens with one attached hydrogen (secondary N) is 1. The molecule has 0 saturated carbocycles. The van der Waals surface area contributed by atoms with Crippen LogP contribution in [0.1, 0.15) is 32.6 Å². The Bertz CT molecular complexity index is 241. The summed E-state index contributed by atoms with van der Waals surface area (Å²) in [5.41, 5.74) is 0. The van der Waals surface area contributed by atoms with E-state index in [-0.39, 0.29) is 6.61 Å². The number of alkyl halides is 3. The van der Waals surface area contributed by atoms with E-state index in [4.69, 9.17) is 5.11 Å². The van der Waals surface area contributed by atoms with Crippen LogP contribution in [0.2, 0.25) is 0 Å². The van der Waals surface area contributed by atoms with Crippen molar-refractivity contribution in [2.24, 2.45) is 5.92 Å². The fourth-order valence-electron chi connectivity index (χ4n) is 2.40. The van der Waals surface area contributed by atoms with Gasteiger partial charge in [-0.05, 0) is 51.2 Å². The summed E-state index contributed by atoms with van der Waals surface area (Å²) in [5.74, 6) is 0.329. The third-order valence-corrected chi connectivity index (χ3v) is 3.61. The van der Waals surface area contributed by atoms with Crippen molar-refractivity contribution >= 4 is 0 Å². The van der Waals surface area contributed by atoms with Crippen LogP contribution in [0.25, 0.3) is 0 Å². The molecule has 1 rings (SSSR count). The van der Waals surface area contributed by atoms with Gasteiger partial charge in [-0.2, -0.15) is 13.2 Å². The zero-order valence-electron chi connectivity index (χ0n) is 11.5. The highest BCUT2D eigenvalue weighted by molar-refractivity contribution is 4.78. The summed E-state index contributed by atoms with van der Waals surface area (Å²) < 4.78 is 36.7. The molecule has 1 unspecified atom stereocenters. The van der Waals surface area contributed by atoms with Crippen LogP contribution in [-0.4, -0.2) is 55.0 Å². The van der Waals surface area contributed by atoms with Gasteiger partial charge < -0.3 is 10.4 Å². The summed E-state index contributed by atoms with van der Waals surface area (Å²) in [6.45, 7) is 3.36. The Morgan fingerprint density at radius 3 is 2.47 bits per heavy atom. The Morgan fingerprint density at radius 1 is 1.32 bits per heavy atom. The molecule has 1 saturated heterocycles. The number of piperidine rings is 1. The summed E-state index contributed by atoms with van der Waals surface area (Å²) in [5, 5.41) is 12.3. The molecule has 0 spiro atoms. The average Bonchev–Trinajstić information content (AvgIpc) is 2.34. The molecule has 19 heavy (non-hydrogen) atoms. The Hall–Kier alpha value is -0.330. The average molecular weight is 282 g/mol. The van der Waals surface area contributed by atoms with Crippen LogP contribution < -0.4 is 5.32 Å². The first-order valence-corrected chi connectivity index (χ1v) is 7.04. The molecular weight excluding hydrogens is 257 g/mol. The predicted molar refractivity (Wildman–Crippen MR) is 69.0 cm³/mol. The maximum atomic E-state index is 12.2. The minimum Gasteiger partial charge on any atom is -0.396 e. The lowest BCUT2D eigenvalue weighted by Crippen LogP contribution is -2.45. The van der Waals surface area contributed by atoms with Gasteiger partial charge in [0.1, 0.15) is 0 Å². The van der Waals surface area contributed by atoms with E-state index in [9.17, 15) is 13.2 Å². The van der Waals surface area contributed by atoms with E-state index >= 15 is 0 Å². The fraction of sp³-hybridized carbons (Fsp3) is 1.00. The van der Waals surface area contributed by atoms with Crippen molar-refractivity contribution in [1.82, 2.24) is 10.2 Å². The van der Waals surface area contributed by atoms with Crippen molar-refractivity contribution in [2.75, 3.05) is 32.8 Å². The molecule has 1 heterocycles. The molecule has 0 aromatic carbocycles. The van der Waals surface area contributed by atoms with Gasteiger partial charge in [-0.25, -0.2) is 0 Å². The van der Waals surface area contributed by atoms with E-state index in [0.29, 0.717) is 25.0 Å². The Morgan fingerprint density at radius 2 is 1.95 bits per heavy atom. The summed E-state index contributed by atoms with van der Waals surface area (Å²) >= 11 is 0. The highest BCUT2D eigenvalue weighted by atomic mass is 19.4. The first-order valence-electron chi connectivity index (χ1n) is 7.04. The van der Waals surface area contributed by atoms with Gasteiger partial charge in [0, 0.05) is 12.6 Å². The normalized spacial score (nSPS) is 20.7. The standard InChI is InChI=1S/C13H25F3N2O/c1-11(9-19)3-2-6-17-12-4-7-18(8-5-12)10-13(14,15)16/h11-12,17,19H,2-10H2,1H3.